The van der Waals surface area contributed by atoms with Crippen LogP contribution in [0.5, 0.6) is 5.75 Å². The molecule has 0 atom stereocenters. The van der Waals surface area contributed by atoms with Gasteiger partial charge in [0, 0.05) is 30.8 Å². The van der Waals surface area contributed by atoms with Gasteiger partial charge in [-0.25, -0.2) is 0 Å². The molecular weight excluding hydrogens is 380 g/mol. The molecule has 2 aromatic carbocycles. The van der Waals surface area contributed by atoms with Crippen LogP contribution in [0, 0.1) is 10.1 Å². The number of nitro benzene ring substituents is 1. The van der Waals surface area contributed by atoms with Gasteiger partial charge in [0.05, 0.1) is 42.2 Å². The molecule has 1 fully saturated rings. The van der Waals surface area contributed by atoms with Gasteiger partial charge in [0.15, 0.2) is 0 Å². The molecule has 2 amide bonds. The van der Waals surface area contributed by atoms with Gasteiger partial charge in [-0.3, -0.25) is 19.7 Å². The number of nitrogens with one attached hydrogen (secondary N) is 1. The lowest BCUT2D eigenvalue weighted by Gasteiger charge is -2.30. The topological polar surface area (TPSA) is 137 Å². The summed E-state index contributed by atoms with van der Waals surface area (Å²) >= 11 is 0. The standard InChI is InChI=1S/C19H20N4O6/c1-28-17-5-2-12(18(20)24)10-15(17)21-19(25)14-11-13(23(26)27)3-4-16(14)22-6-8-29-9-7-22/h2-5,10-11H,6-9H2,1H3,(H2,20,24)(H,21,25). The van der Waals surface area contributed by atoms with Crippen molar-refractivity contribution in [1.29, 1.82) is 0 Å². The lowest BCUT2D eigenvalue weighted by Crippen LogP contribution is -2.37. The summed E-state index contributed by atoms with van der Waals surface area (Å²) in [6.45, 7) is 2.09. The molecule has 1 heterocycles. The molecule has 0 unspecified atom stereocenters. The van der Waals surface area contributed by atoms with Gasteiger partial charge in [0.1, 0.15) is 5.75 Å². The van der Waals surface area contributed by atoms with Gasteiger partial charge in [0.2, 0.25) is 5.91 Å². The van der Waals surface area contributed by atoms with Crippen LogP contribution >= 0.6 is 0 Å². The van der Waals surface area contributed by atoms with Crippen molar-refractivity contribution in [2.45, 2.75) is 0 Å². The van der Waals surface area contributed by atoms with Crippen molar-refractivity contribution in [1.82, 2.24) is 0 Å². The molecule has 0 radical (unpaired) electrons. The molecule has 3 N–H and O–H groups in total. The molecule has 1 aliphatic heterocycles. The Kier molecular flexibility index (Phi) is 5.93. The predicted octanol–water partition coefficient (Wildman–Crippen LogP) is 1.79. The van der Waals surface area contributed by atoms with E-state index in [1.165, 1.54) is 37.4 Å². The Balaban J connectivity index is 1.99. The number of carbonyl (C=O) groups excluding carboxylic acids is 2. The van der Waals surface area contributed by atoms with Crippen LogP contribution in [0.1, 0.15) is 20.7 Å². The second-order valence-corrected chi connectivity index (χ2v) is 6.29. The highest BCUT2D eigenvalue weighted by atomic mass is 16.6. The van der Waals surface area contributed by atoms with Crippen LogP contribution in [0.4, 0.5) is 17.1 Å². The van der Waals surface area contributed by atoms with Crippen molar-refractivity contribution in [3.8, 4) is 5.75 Å². The molecular formula is C19H20N4O6. The number of ether oxygens (including phenoxy) is 2. The Labute approximate surface area is 166 Å². The van der Waals surface area contributed by atoms with Gasteiger partial charge in [-0.1, -0.05) is 0 Å². The summed E-state index contributed by atoms with van der Waals surface area (Å²) < 4.78 is 10.6. The Morgan fingerprint density at radius 1 is 1.21 bits per heavy atom. The summed E-state index contributed by atoms with van der Waals surface area (Å²) in [6.07, 6.45) is 0. The van der Waals surface area contributed by atoms with Crippen molar-refractivity contribution in [3.05, 3.63) is 57.6 Å². The van der Waals surface area contributed by atoms with Crippen molar-refractivity contribution < 1.29 is 24.0 Å². The van der Waals surface area contributed by atoms with E-state index in [1.807, 2.05) is 4.90 Å². The number of non-ortho nitro benzene ring substituents is 1. The van der Waals surface area contributed by atoms with E-state index in [-0.39, 0.29) is 22.5 Å². The van der Waals surface area contributed by atoms with E-state index in [1.54, 1.807) is 6.07 Å². The highest BCUT2D eigenvalue weighted by Gasteiger charge is 2.23. The number of amides is 2. The Morgan fingerprint density at radius 3 is 2.55 bits per heavy atom. The summed E-state index contributed by atoms with van der Waals surface area (Å²) in [7, 11) is 1.42. The Hall–Kier alpha value is -3.66. The number of morpholine rings is 1. The first-order chi connectivity index (χ1) is 13.9. The first kappa shape index (κ1) is 20.1. The highest BCUT2D eigenvalue weighted by Crippen LogP contribution is 2.30. The molecule has 1 aliphatic rings. The number of nitrogens with zero attached hydrogens (tertiary/aromatic N) is 2. The van der Waals surface area contributed by atoms with Crippen molar-refractivity contribution in [3.63, 3.8) is 0 Å². The number of hydrogen-bond acceptors (Lipinski definition) is 7. The number of benzene rings is 2. The van der Waals surface area contributed by atoms with Gasteiger partial charge in [-0.15, -0.1) is 0 Å². The molecule has 1 saturated heterocycles. The third kappa shape index (κ3) is 4.43. The van der Waals surface area contributed by atoms with E-state index in [0.717, 1.165) is 0 Å². The summed E-state index contributed by atoms with van der Waals surface area (Å²) in [6, 6.07) is 8.51. The number of methoxy groups -OCH3 is 1. The summed E-state index contributed by atoms with van der Waals surface area (Å²) in [5.41, 5.74) is 6.21. The zero-order chi connectivity index (χ0) is 21.0. The number of primary amides is 1. The van der Waals surface area contributed by atoms with Crippen LogP contribution in [-0.2, 0) is 4.74 Å². The Morgan fingerprint density at radius 2 is 1.93 bits per heavy atom. The summed E-state index contributed by atoms with van der Waals surface area (Å²) in [5, 5.41) is 13.9. The third-order valence-corrected chi connectivity index (χ3v) is 4.52. The average Bonchev–Trinajstić information content (AvgIpc) is 2.73. The average molecular weight is 400 g/mol. The first-order valence-electron chi connectivity index (χ1n) is 8.81. The maximum atomic E-state index is 13.0. The normalized spacial score (nSPS) is 13.6. The van der Waals surface area contributed by atoms with E-state index in [4.69, 9.17) is 15.2 Å². The lowest BCUT2D eigenvalue weighted by atomic mass is 10.1. The predicted molar refractivity (Wildman–Crippen MR) is 106 cm³/mol. The smallest absolute Gasteiger partial charge is 0.270 e. The quantitative estimate of drug-likeness (QED) is 0.557. The molecule has 0 spiro atoms. The summed E-state index contributed by atoms with van der Waals surface area (Å²) in [4.78, 5) is 37.1. The van der Waals surface area contributed by atoms with Crippen LogP contribution in [0.15, 0.2) is 36.4 Å². The molecule has 0 aromatic heterocycles. The van der Waals surface area contributed by atoms with E-state index in [0.29, 0.717) is 37.7 Å². The number of nitrogens with two attached hydrogens (primary N) is 1. The van der Waals surface area contributed by atoms with Crippen LogP contribution in [0.2, 0.25) is 0 Å². The van der Waals surface area contributed by atoms with Gasteiger partial charge in [-0.05, 0) is 24.3 Å². The van der Waals surface area contributed by atoms with E-state index in [2.05, 4.69) is 5.32 Å². The molecule has 2 aromatic rings. The third-order valence-electron chi connectivity index (χ3n) is 4.52. The maximum Gasteiger partial charge on any atom is 0.270 e. The minimum atomic E-state index is -0.660. The zero-order valence-electron chi connectivity index (χ0n) is 15.7. The molecule has 10 heteroatoms. The van der Waals surface area contributed by atoms with E-state index < -0.39 is 16.7 Å². The molecule has 0 bridgehead atoms. The first-order valence-corrected chi connectivity index (χ1v) is 8.81. The number of rotatable bonds is 6. The molecule has 0 saturated carbocycles. The SMILES string of the molecule is COc1ccc(C(N)=O)cc1NC(=O)c1cc([N+](=O)[O-])ccc1N1CCOCC1. The number of hydrogen-bond donors (Lipinski definition) is 2. The van der Waals surface area contributed by atoms with Crippen molar-refractivity contribution in [2.24, 2.45) is 5.73 Å². The zero-order valence-corrected chi connectivity index (χ0v) is 15.7. The van der Waals surface area contributed by atoms with Crippen LogP contribution in [0.25, 0.3) is 0 Å². The number of anilines is 2. The second-order valence-electron chi connectivity index (χ2n) is 6.29. The van der Waals surface area contributed by atoms with Gasteiger partial charge >= 0.3 is 0 Å². The fraction of sp³-hybridized carbons (Fsp3) is 0.263. The highest BCUT2D eigenvalue weighted by molar-refractivity contribution is 6.09. The molecule has 10 nitrogen and oxygen atoms in total. The lowest BCUT2D eigenvalue weighted by molar-refractivity contribution is -0.384. The minimum absolute atomic E-state index is 0.132. The summed E-state index contributed by atoms with van der Waals surface area (Å²) in [5.74, 6) is -0.913. The van der Waals surface area contributed by atoms with Gasteiger partial charge in [-0.2, -0.15) is 0 Å². The molecule has 152 valence electrons. The van der Waals surface area contributed by atoms with Crippen molar-refractivity contribution >= 4 is 28.9 Å². The monoisotopic (exact) mass is 400 g/mol. The van der Waals surface area contributed by atoms with Crippen LogP contribution < -0.4 is 20.7 Å². The van der Waals surface area contributed by atoms with Gasteiger partial charge < -0.3 is 25.4 Å². The fourth-order valence-corrected chi connectivity index (χ4v) is 3.05. The largest absolute Gasteiger partial charge is 0.495 e. The van der Waals surface area contributed by atoms with Gasteiger partial charge in [0.25, 0.3) is 11.6 Å². The Bertz CT molecular complexity index is 956. The molecule has 0 aliphatic carbocycles. The molecule has 29 heavy (non-hydrogen) atoms. The maximum absolute atomic E-state index is 13.0. The second kappa shape index (κ2) is 8.57. The van der Waals surface area contributed by atoms with Crippen molar-refractivity contribution in [2.75, 3.05) is 43.6 Å². The number of carbonyl (C=O) groups is 2. The van der Waals surface area contributed by atoms with E-state index >= 15 is 0 Å². The fourth-order valence-electron chi connectivity index (χ4n) is 3.05. The number of nitro groups is 1. The van der Waals surface area contributed by atoms with Crippen LogP contribution in [-0.4, -0.2) is 50.2 Å². The van der Waals surface area contributed by atoms with E-state index in [9.17, 15) is 19.7 Å². The molecule has 3 rings (SSSR count). The van der Waals surface area contributed by atoms with Crippen LogP contribution in [0.3, 0.4) is 0 Å². The minimum Gasteiger partial charge on any atom is -0.495 e.